The highest BCUT2D eigenvalue weighted by atomic mass is 32.2. The molecule has 1 fully saturated rings. The number of hydrogen-bond acceptors (Lipinski definition) is 3. The first kappa shape index (κ1) is 17.0. The van der Waals surface area contributed by atoms with Gasteiger partial charge in [0, 0.05) is 0 Å². The molecule has 0 aromatic carbocycles. The van der Waals surface area contributed by atoms with Crippen LogP contribution in [0.4, 0.5) is 0 Å². The van der Waals surface area contributed by atoms with Gasteiger partial charge < -0.3 is 5.11 Å². The molecule has 1 heterocycles. The van der Waals surface area contributed by atoms with Crippen LogP contribution in [0, 0.1) is 5.92 Å². The van der Waals surface area contributed by atoms with Crippen molar-refractivity contribution < 1.29 is 13.5 Å². The minimum absolute atomic E-state index is 0.00504. The van der Waals surface area contributed by atoms with E-state index in [9.17, 15) is 13.5 Å². The highest BCUT2D eigenvalue weighted by molar-refractivity contribution is 7.91. The number of aliphatic hydroxyl groups is 1. The molecular formula is C15H30O3S. The molecule has 0 aliphatic carbocycles. The molecule has 2 unspecified atom stereocenters. The molecule has 0 saturated carbocycles. The lowest BCUT2D eigenvalue weighted by Crippen LogP contribution is -2.21. The fourth-order valence-electron chi connectivity index (χ4n) is 2.85. The number of unbranched alkanes of at least 4 members (excludes halogenated alkanes) is 7. The van der Waals surface area contributed by atoms with Gasteiger partial charge in [-0.15, -0.1) is 0 Å². The molecule has 0 bridgehead atoms. The van der Waals surface area contributed by atoms with Gasteiger partial charge in [0.1, 0.15) is 0 Å². The quantitative estimate of drug-likeness (QED) is 0.628. The molecule has 0 amide bonds. The summed E-state index contributed by atoms with van der Waals surface area (Å²) in [7, 11) is -2.85. The first-order valence-corrected chi connectivity index (χ1v) is 9.76. The van der Waals surface area contributed by atoms with Crippen LogP contribution in [0.3, 0.4) is 0 Å². The molecule has 114 valence electrons. The van der Waals surface area contributed by atoms with Crippen molar-refractivity contribution in [1.82, 2.24) is 0 Å². The Morgan fingerprint density at radius 3 is 2.16 bits per heavy atom. The summed E-state index contributed by atoms with van der Waals surface area (Å²) in [6.45, 7) is 2.23. The molecule has 0 aromatic rings. The molecule has 2 atom stereocenters. The Bertz CT molecular complexity index is 324. The Kier molecular flexibility index (Phi) is 8.00. The van der Waals surface area contributed by atoms with Crippen molar-refractivity contribution >= 4 is 9.84 Å². The second-order valence-corrected chi connectivity index (χ2v) is 8.22. The molecular weight excluding hydrogens is 260 g/mol. The summed E-state index contributed by atoms with van der Waals surface area (Å²) in [6.07, 6.45) is 11.1. The first-order valence-electron chi connectivity index (χ1n) is 7.93. The van der Waals surface area contributed by atoms with Crippen LogP contribution in [-0.2, 0) is 9.84 Å². The summed E-state index contributed by atoms with van der Waals surface area (Å²) < 4.78 is 22.7. The van der Waals surface area contributed by atoms with E-state index in [-0.39, 0.29) is 17.4 Å². The van der Waals surface area contributed by atoms with Crippen LogP contribution in [0.25, 0.3) is 0 Å². The molecule has 1 saturated heterocycles. The Balaban J connectivity index is 1.97. The van der Waals surface area contributed by atoms with Gasteiger partial charge in [-0.2, -0.15) is 0 Å². The van der Waals surface area contributed by atoms with E-state index in [1.165, 1.54) is 44.9 Å². The Labute approximate surface area is 118 Å². The van der Waals surface area contributed by atoms with E-state index in [0.29, 0.717) is 6.42 Å². The van der Waals surface area contributed by atoms with Crippen molar-refractivity contribution in [2.75, 3.05) is 11.5 Å². The number of sulfone groups is 1. The molecule has 1 N–H and O–H groups in total. The molecule has 19 heavy (non-hydrogen) atoms. The monoisotopic (exact) mass is 290 g/mol. The van der Waals surface area contributed by atoms with Crippen molar-refractivity contribution in [3.63, 3.8) is 0 Å². The van der Waals surface area contributed by atoms with Gasteiger partial charge in [-0.3, -0.25) is 0 Å². The van der Waals surface area contributed by atoms with Gasteiger partial charge in [-0.25, -0.2) is 8.42 Å². The van der Waals surface area contributed by atoms with E-state index in [0.717, 1.165) is 12.8 Å². The summed E-state index contributed by atoms with van der Waals surface area (Å²) in [5.41, 5.74) is 0. The van der Waals surface area contributed by atoms with Crippen molar-refractivity contribution in [2.45, 2.75) is 77.2 Å². The van der Waals surface area contributed by atoms with Crippen LogP contribution in [0.15, 0.2) is 0 Å². The van der Waals surface area contributed by atoms with Gasteiger partial charge >= 0.3 is 0 Å². The van der Waals surface area contributed by atoms with Crippen LogP contribution < -0.4 is 0 Å². The number of hydrogen-bond donors (Lipinski definition) is 1. The largest absolute Gasteiger partial charge is 0.393 e. The third-order valence-corrected chi connectivity index (χ3v) is 5.96. The Hall–Kier alpha value is -0.0900. The molecule has 1 aliphatic rings. The SMILES string of the molecule is CCCCCCCCCCC(O)C1CCS(=O)(=O)C1. The average Bonchev–Trinajstić information content (AvgIpc) is 2.73. The van der Waals surface area contributed by atoms with Crippen LogP contribution in [0.5, 0.6) is 0 Å². The van der Waals surface area contributed by atoms with Crippen molar-refractivity contribution in [1.29, 1.82) is 0 Å². The fourth-order valence-corrected chi connectivity index (χ4v) is 4.72. The van der Waals surface area contributed by atoms with Crippen LogP contribution in [-0.4, -0.2) is 31.1 Å². The smallest absolute Gasteiger partial charge is 0.150 e. The van der Waals surface area contributed by atoms with E-state index >= 15 is 0 Å². The Morgan fingerprint density at radius 2 is 1.63 bits per heavy atom. The molecule has 4 heteroatoms. The first-order chi connectivity index (χ1) is 9.05. The average molecular weight is 290 g/mol. The lowest BCUT2D eigenvalue weighted by atomic mass is 9.96. The normalized spacial score (nSPS) is 23.6. The molecule has 1 rings (SSSR count). The third-order valence-electron chi connectivity index (χ3n) is 4.17. The van der Waals surface area contributed by atoms with Crippen LogP contribution in [0.1, 0.15) is 71.1 Å². The zero-order chi connectivity index (χ0) is 14.1. The van der Waals surface area contributed by atoms with Gasteiger partial charge in [0.15, 0.2) is 9.84 Å². The van der Waals surface area contributed by atoms with E-state index in [1.807, 2.05) is 0 Å². The minimum atomic E-state index is -2.85. The zero-order valence-electron chi connectivity index (χ0n) is 12.3. The van der Waals surface area contributed by atoms with E-state index in [2.05, 4.69) is 6.92 Å². The number of aliphatic hydroxyl groups excluding tert-OH is 1. The predicted molar refractivity (Wildman–Crippen MR) is 80.0 cm³/mol. The third kappa shape index (κ3) is 7.31. The highest BCUT2D eigenvalue weighted by Gasteiger charge is 2.32. The maximum Gasteiger partial charge on any atom is 0.150 e. The fraction of sp³-hybridized carbons (Fsp3) is 1.00. The van der Waals surface area contributed by atoms with Crippen molar-refractivity contribution in [2.24, 2.45) is 5.92 Å². The van der Waals surface area contributed by atoms with Gasteiger partial charge in [0.25, 0.3) is 0 Å². The van der Waals surface area contributed by atoms with Crippen LogP contribution in [0.2, 0.25) is 0 Å². The minimum Gasteiger partial charge on any atom is -0.393 e. The summed E-state index contributed by atoms with van der Waals surface area (Å²) in [5, 5.41) is 9.99. The van der Waals surface area contributed by atoms with E-state index < -0.39 is 15.9 Å². The highest BCUT2D eigenvalue weighted by Crippen LogP contribution is 2.24. The molecule has 3 nitrogen and oxygen atoms in total. The topological polar surface area (TPSA) is 54.4 Å². The summed E-state index contributed by atoms with van der Waals surface area (Å²) >= 11 is 0. The van der Waals surface area contributed by atoms with E-state index in [1.54, 1.807) is 0 Å². The second kappa shape index (κ2) is 8.96. The summed E-state index contributed by atoms with van der Waals surface area (Å²) in [6, 6.07) is 0. The van der Waals surface area contributed by atoms with E-state index in [4.69, 9.17) is 0 Å². The Morgan fingerprint density at radius 1 is 1.05 bits per heavy atom. The zero-order valence-corrected chi connectivity index (χ0v) is 13.1. The summed E-state index contributed by atoms with van der Waals surface area (Å²) in [5.74, 6) is 0.465. The van der Waals surface area contributed by atoms with Gasteiger partial charge in [0.2, 0.25) is 0 Å². The number of rotatable bonds is 10. The summed E-state index contributed by atoms with van der Waals surface area (Å²) in [4.78, 5) is 0. The van der Waals surface area contributed by atoms with Gasteiger partial charge in [0.05, 0.1) is 17.6 Å². The molecule has 0 radical (unpaired) electrons. The van der Waals surface area contributed by atoms with Gasteiger partial charge in [-0.1, -0.05) is 58.3 Å². The molecule has 0 aromatic heterocycles. The van der Waals surface area contributed by atoms with Crippen molar-refractivity contribution in [3.8, 4) is 0 Å². The lowest BCUT2D eigenvalue weighted by Gasteiger charge is -2.16. The standard InChI is InChI=1S/C15H30O3S/c1-2-3-4-5-6-7-8-9-10-15(16)14-11-12-19(17,18)13-14/h14-16H,2-13H2,1H3. The van der Waals surface area contributed by atoms with Crippen molar-refractivity contribution in [3.05, 3.63) is 0 Å². The second-order valence-electron chi connectivity index (χ2n) is 5.99. The van der Waals surface area contributed by atoms with Gasteiger partial charge in [-0.05, 0) is 18.8 Å². The molecule has 1 aliphatic heterocycles. The van der Waals surface area contributed by atoms with Crippen LogP contribution >= 0.6 is 0 Å². The maximum atomic E-state index is 11.3. The maximum absolute atomic E-state index is 11.3. The lowest BCUT2D eigenvalue weighted by molar-refractivity contribution is 0.108. The predicted octanol–water partition coefficient (Wildman–Crippen LogP) is 3.31. The molecule has 0 spiro atoms.